The highest BCUT2D eigenvalue weighted by Crippen LogP contribution is 2.35. The van der Waals surface area contributed by atoms with Crippen molar-refractivity contribution in [2.75, 3.05) is 6.54 Å². The molecule has 1 fully saturated rings. The van der Waals surface area contributed by atoms with E-state index in [9.17, 15) is 19.5 Å². The van der Waals surface area contributed by atoms with E-state index in [1.165, 1.54) is 4.90 Å². The van der Waals surface area contributed by atoms with Gasteiger partial charge in [-0.25, -0.2) is 9.59 Å². The molecule has 1 aliphatic heterocycles. The van der Waals surface area contributed by atoms with Gasteiger partial charge in [-0.3, -0.25) is 9.69 Å². The number of carbonyl (C=O) groups excluding carboxylic acids is 2. The molecule has 1 aromatic rings. The van der Waals surface area contributed by atoms with Crippen molar-refractivity contribution < 1.29 is 24.2 Å². The summed E-state index contributed by atoms with van der Waals surface area (Å²) in [6.45, 7) is 5.43. The van der Waals surface area contributed by atoms with Crippen molar-refractivity contribution in [3.05, 3.63) is 35.9 Å². The second kappa shape index (κ2) is 6.63. The summed E-state index contributed by atoms with van der Waals surface area (Å²) in [6, 6.07) is 8.52. The Hall–Kier alpha value is -2.37. The van der Waals surface area contributed by atoms with Gasteiger partial charge in [-0.2, -0.15) is 0 Å². The van der Waals surface area contributed by atoms with E-state index in [0.717, 1.165) is 0 Å². The molecule has 0 radical (unpaired) electrons. The summed E-state index contributed by atoms with van der Waals surface area (Å²) in [5, 5.41) is 9.78. The van der Waals surface area contributed by atoms with Gasteiger partial charge in [0.15, 0.2) is 11.3 Å². The average molecular weight is 333 g/mol. The summed E-state index contributed by atoms with van der Waals surface area (Å²) in [4.78, 5) is 38.1. The molecule has 24 heavy (non-hydrogen) atoms. The Bertz CT molecular complexity index is 635. The lowest BCUT2D eigenvalue weighted by Crippen LogP contribution is -2.55. The summed E-state index contributed by atoms with van der Waals surface area (Å²) in [5.74, 6) is -1.47. The molecule has 0 aromatic heterocycles. The summed E-state index contributed by atoms with van der Waals surface area (Å²) in [5.41, 5.74) is -1.84. The third kappa shape index (κ3) is 3.75. The Morgan fingerprint density at radius 2 is 1.83 bits per heavy atom. The van der Waals surface area contributed by atoms with Crippen LogP contribution in [0.2, 0.25) is 0 Å². The van der Waals surface area contributed by atoms with Crippen LogP contribution in [0.15, 0.2) is 30.3 Å². The molecular formula is C18H23NO5. The van der Waals surface area contributed by atoms with Crippen LogP contribution in [0.25, 0.3) is 0 Å². The van der Waals surface area contributed by atoms with Crippen molar-refractivity contribution in [3.8, 4) is 0 Å². The van der Waals surface area contributed by atoms with Crippen LogP contribution < -0.4 is 0 Å². The standard InChI is InChI=1S/C18H23NO5/c1-17(2,3)24-16(23)19-11-7-10-18(19,15(21)22)12-14(20)13-8-5-4-6-9-13/h4-6,8-9H,7,10-12H2,1-3H3,(H,21,22)/t18-/m0/s1. The lowest BCUT2D eigenvalue weighted by Gasteiger charge is -2.35. The highest BCUT2D eigenvalue weighted by Gasteiger charge is 2.52. The smallest absolute Gasteiger partial charge is 0.411 e. The van der Waals surface area contributed by atoms with Gasteiger partial charge in [0, 0.05) is 18.5 Å². The van der Waals surface area contributed by atoms with Gasteiger partial charge in [0.2, 0.25) is 0 Å². The van der Waals surface area contributed by atoms with Crippen molar-refractivity contribution in [1.82, 2.24) is 4.90 Å². The van der Waals surface area contributed by atoms with Gasteiger partial charge < -0.3 is 9.84 Å². The Balaban J connectivity index is 2.27. The molecule has 0 spiro atoms. The normalized spacial score (nSPS) is 20.7. The quantitative estimate of drug-likeness (QED) is 0.856. The first kappa shape index (κ1) is 18.0. The molecule has 2 rings (SSSR count). The Labute approximate surface area is 141 Å². The molecule has 6 heteroatoms. The fourth-order valence-electron chi connectivity index (χ4n) is 2.94. The monoisotopic (exact) mass is 333 g/mol. The van der Waals surface area contributed by atoms with Crippen LogP contribution in [0.5, 0.6) is 0 Å². The highest BCUT2D eigenvalue weighted by atomic mass is 16.6. The maximum atomic E-state index is 12.5. The molecule has 0 unspecified atom stereocenters. The number of rotatable bonds is 4. The minimum absolute atomic E-state index is 0.236. The number of nitrogens with zero attached hydrogens (tertiary/aromatic N) is 1. The van der Waals surface area contributed by atoms with Crippen LogP contribution in [0.3, 0.4) is 0 Å². The first-order chi connectivity index (χ1) is 11.2. The molecule has 0 saturated carbocycles. The number of likely N-dealkylation sites (tertiary alicyclic amines) is 1. The first-order valence-electron chi connectivity index (χ1n) is 7.98. The van der Waals surface area contributed by atoms with Crippen LogP contribution in [0, 0.1) is 0 Å². The maximum absolute atomic E-state index is 12.5. The van der Waals surface area contributed by atoms with E-state index in [1.807, 2.05) is 0 Å². The number of ketones is 1. The van der Waals surface area contributed by atoms with E-state index >= 15 is 0 Å². The molecule has 1 N–H and O–H groups in total. The maximum Gasteiger partial charge on any atom is 0.411 e. The van der Waals surface area contributed by atoms with E-state index in [-0.39, 0.29) is 25.2 Å². The molecule has 0 bridgehead atoms. The zero-order chi connectivity index (χ0) is 18.0. The third-order valence-electron chi connectivity index (χ3n) is 4.05. The van der Waals surface area contributed by atoms with Crippen LogP contribution in [-0.4, -0.2) is 45.5 Å². The third-order valence-corrected chi connectivity index (χ3v) is 4.05. The summed E-state index contributed by atoms with van der Waals surface area (Å²) < 4.78 is 5.33. The van der Waals surface area contributed by atoms with E-state index in [1.54, 1.807) is 51.1 Å². The van der Waals surface area contributed by atoms with Crippen molar-refractivity contribution in [2.45, 2.75) is 51.2 Å². The molecule has 1 aromatic carbocycles. The van der Waals surface area contributed by atoms with E-state index < -0.39 is 23.2 Å². The number of carboxylic acids is 1. The second-order valence-corrected chi connectivity index (χ2v) is 7.04. The van der Waals surface area contributed by atoms with Crippen LogP contribution in [-0.2, 0) is 9.53 Å². The minimum Gasteiger partial charge on any atom is -0.479 e. The molecule has 1 aliphatic rings. The number of Topliss-reactive ketones (excluding diaryl/α,β-unsaturated/α-hetero) is 1. The lowest BCUT2D eigenvalue weighted by molar-refractivity contribution is -0.149. The second-order valence-electron chi connectivity index (χ2n) is 7.04. The lowest BCUT2D eigenvalue weighted by atomic mass is 9.88. The van der Waals surface area contributed by atoms with Gasteiger partial charge in [-0.15, -0.1) is 0 Å². The largest absolute Gasteiger partial charge is 0.479 e. The predicted molar refractivity (Wildman–Crippen MR) is 87.9 cm³/mol. The van der Waals surface area contributed by atoms with Crippen LogP contribution in [0.4, 0.5) is 4.79 Å². The first-order valence-corrected chi connectivity index (χ1v) is 7.98. The number of hydrogen-bond acceptors (Lipinski definition) is 4. The summed E-state index contributed by atoms with van der Waals surface area (Å²) >= 11 is 0. The minimum atomic E-state index is -1.55. The molecule has 6 nitrogen and oxygen atoms in total. The van der Waals surface area contributed by atoms with Gasteiger partial charge in [-0.1, -0.05) is 30.3 Å². The van der Waals surface area contributed by atoms with Crippen molar-refractivity contribution >= 4 is 17.8 Å². The summed E-state index contributed by atoms with van der Waals surface area (Å²) in [7, 11) is 0. The molecule has 1 saturated heterocycles. The zero-order valence-electron chi connectivity index (χ0n) is 14.2. The van der Waals surface area contributed by atoms with Crippen LogP contribution >= 0.6 is 0 Å². The van der Waals surface area contributed by atoms with Crippen molar-refractivity contribution in [1.29, 1.82) is 0 Å². The number of ether oxygens (including phenoxy) is 1. The average Bonchev–Trinajstić information content (AvgIpc) is 2.91. The summed E-state index contributed by atoms with van der Waals surface area (Å²) in [6.07, 6.45) is -0.192. The molecule has 0 aliphatic carbocycles. The number of hydrogen-bond donors (Lipinski definition) is 1. The Kier molecular flexibility index (Phi) is 4.96. The molecule has 1 atom stereocenters. The van der Waals surface area contributed by atoms with Gasteiger partial charge in [0.25, 0.3) is 0 Å². The van der Waals surface area contributed by atoms with E-state index in [2.05, 4.69) is 0 Å². The number of carboxylic acid groups (broad SMARTS) is 1. The number of benzene rings is 1. The molecule has 1 amide bonds. The van der Waals surface area contributed by atoms with Gasteiger partial charge >= 0.3 is 12.1 Å². The van der Waals surface area contributed by atoms with E-state index in [0.29, 0.717) is 12.0 Å². The molecular weight excluding hydrogens is 310 g/mol. The SMILES string of the molecule is CC(C)(C)OC(=O)N1CCC[C@]1(CC(=O)c1ccccc1)C(=O)O. The Morgan fingerprint density at radius 1 is 1.21 bits per heavy atom. The predicted octanol–water partition coefficient (Wildman–Crippen LogP) is 3.11. The van der Waals surface area contributed by atoms with Gasteiger partial charge in [-0.05, 0) is 33.6 Å². The van der Waals surface area contributed by atoms with E-state index in [4.69, 9.17) is 4.74 Å². The molecule has 1 heterocycles. The zero-order valence-corrected chi connectivity index (χ0v) is 14.2. The fourth-order valence-corrected chi connectivity index (χ4v) is 2.94. The fraction of sp³-hybridized carbons (Fsp3) is 0.500. The molecule has 130 valence electrons. The number of aliphatic carboxylic acids is 1. The van der Waals surface area contributed by atoms with Crippen molar-refractivity contribution in [2.24, 2.45) is 0 Å². The Morgan fingerprint density at radius 3 is 2.38 bits per heavy atom. The van der Waals surface area contributed by atoms with Crippen LogP contribution in [0.1, 0.15) is 50.4 Å². The van der Waals surface area contributed by atoms with Gasteiger partial charge in [0.1, 0.15) is 5.60 Å². The highest BCUT2D eigenvalue weighted by molar-refractivity contribution is 6.01. The number of carbonyl (C=O) groups is 3. The topological polar surface area (TPSA) is 83.9 Å². The number of amides is 1. The van der Waals surface area contributed by atoms with Crippen molar-refractivity contribution in [3.63, 3.8) is 0 Å². The van der Waals surface area contributed by atoms with Gasteiger partial charge in [0.05, 0.1) is 0 Å².